The molecule has 5 aromatic rings. The van der Waals surface area contributed by atoms with Gasteiger partial charge in [0.2, 0.25) is 0 Å². The van der Waals surface area contributed by atoms with Crippen molar-refractivity contribution in [1.29, 1.82) is 0 Å². The van der Waals surface area contributed by atoms with E-state index in [4.69, 9.17) is 9.51 Å². The second kappa shape index (κ2) is 8.16. The van der Waals surface area contributed by atoms with Crippen LogP contribution in [0, 0.1) is 6.92 Å². The predicted octanol–water partition coefficient (Wildman–Crippen LogP) is 5.86. The van der Waals surface area contributed by atoms with Crippen LogP contribution in [0.2, 0.25) is 0 Å². The van der Waals surface area contributed by atoms with Crippen LogP contribution < -0.4 is 5.32 Å². The largest absolute Gasteiger partial charge is 0.356 e. The molecule has 152 valence electrons. The average molecular weight is 426 g/mol. The van der Waals surface area contributed by atoms with Crippen LogP contribution in [0.4, 0.5) is 0 Å². The molecule has 31 heavy (non-hydrogen) atoms. The summed E-state index contributed by atoms with van der Waals surface area (Å²) in [6.07, 6.45) is 0. The lowest BCUT2D eigenvalue weighted by Gasteiger charge is -2.05. The van der Waals surface area contributed by atoms with Crippen molar-refractivity contribution in [3.05, 3.63) is 94.9 Å². The van der Waals surface area contributed by atoms with Crippen LogP contribution in [0.1, 0.15) is 21.5 Å². The van der Waals surface area contributed by atoms with Gasteiger partial charge in [-0.25, -0.2) is 4.98 Å². The number of nitrogens with zero attached hydrogens (tertiary/aromatic N) is 2. The lowest BCUT2D eigenvalue weighted by Crippen LogP contribution is -2.22. The zero-order valence-corrected chi connectivity index (χ0v) is 17.6. The normalized spacial score (nSPS) is 11.0. The summed E-state index contributed by atoms with van der Waals surface area (Å²) in [5.74, 6) is -0.142. The number of carbonyl (C=O) groups is 1. The Morgan fingerprint density at radius 1 is 1.03 bits per heavy atom. The molecule has 0 radical (unpaired) electrons. The molecule has 0 saturated heterocycles. The standard InChI is InChI=1S/C25H19N3O2S/c1-16-7-9-18(10-8-16)25-27-21(15-31-25)23-20-13-19(11-12-22(20)30-28-23)24(29)26-14-17-5-3-2-4-6-17/h2-13,15H,14H2,1H3,(H,26,29). The maximum atomic E-state index is 12.7. The number of hydrogen-bond acceptors (Lipinski definition) is 5. The zero-order valence-electron chi connectivity index (χ0n) is 16.8. The minimum atomic E-state index is -0.142. The summed E-state index contributed by atoms with van der Waals surface area (Å²) in [6, 6.07) is 23.4. The smallest absolute Gasteiger partial charge is 0.251 e. The molecule has 3 aromatic carbocycles. The number of benzene rings is 3. The molecule has 0 unspecified atom stereocenters. The fraction of sp³-hybridized carbons (Fsp3) is 0.0800. The van der Waals surface area contributed by atoms with Crippen molar-refractivity contribution in [2.24, 2.45) is 0 Å². The number of fused-ring (bicyclic) bond motifs is 1. The van der Waals surface area contributed by atoms with Crippen LogP contribution >= 0.6 is 11.3 Å². The first-order valence-electron chi connectivity index (χ1n) is 9.92. The van der Waals surface area contributed by atoms with Gasteiger partial charge in [0.05, 0.1) is 5.39 Å². The Labute approximate surface area is 183 Å². The van der Waals surface area contributed by atoms with E-state index < -0.39 is 0 Å². The van der Waals surface area contributed by atoms with Gasteiger partial charge in [0.1, 0.15) is 16.4 Å². The number of rotatable bonds is 5. The molecule has 0 aliphatic rings. The average Bonchev–Trinajstić information content (AvgIpc) is 3.45. The Kier molecular flexibility index (Phi) is 5.06. The Balaban J connectivity index is 1.41. The van der Waals surface area contributed by atoms with Crippen molar-refractivity contribution in [1.82, 2.24) is 15.5 Å². The van der Waals surface area contributed by atoms with Gasteiger partial charge in [0.25, 0.3) is 5.91 Å². The summed E-state index contributed by atoms with van der Waals surface area (Å²) >= 11 is 1.56. The molecule has 0 aliphatic carbocycles. The maximum Gasteiger partial charge on any atom is 0.251 e. The van der Waals surface area contributed by atoms with Crippen LogP contribution in [0.5, 0.6) is 0 Å². The van der Waals surface area contributed by atoms with E-state index in [1.54, 1.807) is 23.5 Å². The van der Waals surface area contributed by atoms with Gasteiger partial charge in [-0.15, -0.1) is 11.3 Å². The highest BCUT2D eigenvalue weighted by atomic mass is 32.1. The lowest BCUT2D eigenvalue weighted by atomic mass is 10.1. The summed E-state index contributed by atoms with van der Waals surface area (Å²) in [6.45, 7) is 2.53. The molecule has 0 bridgehead atoms. The molecule has 6 heteroatoms. The van der Waals surface area contributed by atoms with E-state index in [0.29, 0.717) is 23.4 Å². The first-order valence-corrected chi connectivity index (χ1v) is 10.8. The first kappa shape index (κ1) is 19.2. The third-order valence-electron chi connectivity index (χ3n) is 5.07. The molecule has 0 atom stereocenters. The van der Waals surface area contributed by atoms with Crippen LogP contribution in [0.25, 0.3) is 32.9 Å². The third-order valence-corrected chi connectivity index (χ3v) is 5.96. The second-order valence-corrected chi connectivity index (χ2v) is 8.17. The predicted molar refractivity (Wildman–Crippen MR) is 123 cm³/mol. The van der Waals surface area contributed by atoms with E-state index in [1.165, 1.54) is 5.56 Å². The highest BCUT2D eigenvalue weighted by Crippen LogP contribution is 2.33. The Bertz CT molecular complexity index is 1350. The molecular formula is C25H19N3O2S. The molecule has 0 fully saturated rings. The lowest BCUT2D eigenvalue weighted by molar-refractivity contribution is 0.0951. The molecule has 0 spiro atoms. The van der Waals surface area contributed by atoms with Gasteiger partial charge in [-0.2, -0.15) is 0 Å². The fourth-order valence-electron chi connectivity index (χ4n) is 3.36. The molecule has 5 rings (SSSR count). The van der Waals surface area contributed by atoms with E-state index in [9.17, 15) is 4.79 Å². The van der Waals surface area contributed by atoms with Gasteiger partial charge in [0.15, 0.2) is 5.58 Å². The number of carbonyl (C=O) groups excluding carboxylic acids is 1. The summed E-state index contributed by atoms with van der Waals surface area (Å²) in [7, 11) is 0. The van der Waals surface area contributed by atoms with E-state index in [2.05, 4.69) is 41.7 Å². The molecule has 1 N–H and O–H groups in total. The Hall–Kier alpha value is -3.77. The van der Waals surface area contributed by atoms with Gasteiger partial charge < -0.3 is 9.84 Å². The second-order valence-electron chi connectivity index (χ2n) is 7.31. The number of aryl methyl sites for hydroxylation is 1. The minimum Gasteiger partial charge on any atom is -0.356 e. The number of aromatic nitrogens is 2. The zero-order chi connectivity index (χ0) is 21.2. The van der Waals surface area contributed by atoms with Gasteiger partial charge in [-0.05, 0) is 30.7 Å². The Morgan fingerprint density at radius 2 is 1.84 bits per heavy atom. The van der Waals surface area contributed by atoms with Crippen LogP contribution in [-0.4, -0.2) is 16.0 Å². The van der Waals surface area contributed by atoms with Crippen LogP contribution in [-0.2, 0) is 6.54 Å². The summed E-state index contributed by atoms with van der Waals surface area (Å²) in [5, 5.41) is 10.8. The first-order chi connectivity index (χ1) is 15.2. The highest BCUT2D eigenvalue weighted by molar-refractivity contribution is 7.13. The van der Waals surface area contributed by atoms with Crippen molar-refractivity contribution in [3.8, 4) is 22.0 Å². The van der Waals surface area contributed by atoms with Crippen LogP contribution in [0.15, 0.2) is 82.7 Å². The van der Waals surface area contributed by atoms with Gasteiger partial charge in [-0.1, -0.05) is 65.3 Å². The summed E-state index contributed by atoms with van der Waals surface area (Å²) < 4.78 is 5.48. The number of thiazole rings is 1. The molecular weight excluding hydrogens is 406 g/mol. The van der Waals surface area contributed by atoms with Gasteiger partial charge in [-0.3, -0.25) is 4.79 Å². The van der Waals surface area contributed by atoms with Gasteiger partial charge in [0, 0.05) is 23.1 Å². The van der Waals surface area contributed by atoms with Crippen molar-refractivity contribution in [2.75, 3.05) is 0 Å². The monoisotopic (exact) mass is 425 g/mol. The van der Waals surface area contributed by atoms with Crippen molar-refractivity contribution < 1.29 is 9.32 Å². The van der Waals surface area contributed by atoms with Crippen molar-refractivity contribution in [3.63, 3.8) is 0 Å². The highest BCUT2D eigenvalue weighted by Gasteiger charge is 2.16. The Morgan fingerprint density at radius 3 is 2.65 bits per heavy atom. The van der Waals surface area contributed by atoms with E-state index in [-0.39, 0.29) is 5.91 Å². The van der Waals surface area contributed by atoms with Crippen molar-refractivity contribution >= 4 is 28.2 Å². The van der Waals surface area contributed by atoms with Crippen molar-refractivity contribution in [2.45, 2.75) is 13.5 Å². The summed E-state index contributed by atoms with van der Waals surface area (Å²) in [4.78, 5) is 17.4. The fourth-order valence-corrected chi connectivity index (χ4v) is 4.17. The molecule has 0 aliphatic heterocycles. The SMILES string of the molecule is Cc1ccc(-c2nc(-c3noc4ccc(C(=O)NCc5ccccc5)cc34)cs2)cc1. The van der Waals surface area contributed by atoms with Gasteiger partial charge >= 0.3 is 0 Å². The molecule has 1 amide bonds. The third kappa shape index (κ3) is 3.98. The molecule has 2 heterocycles. The van der Waals surface area contributed by atoms with E-state index in [1.807, 2.05) is 41.8 Å². The number of amides is 1. The van der Waals surface area contributed by atoms with E-state index in [0.717, 1.165) is 27.2 Å². The quantitative estimate of drug-likeness (QED) is 0.383. The minimum absolute atomic E-state index is 0.142. The number of hydrogen-bond donors (Lipinski definition) is 1. The molecule has 5 nitrogen and oxygen atoms in total. The summed E-state index contributed by atoms with van der Waals surface area (Å²) in [5.41, 5.74) is 5.88. The topological polar surface area (TPSA) is 68.0 Å². The maximum absolute atomic E-state index is 12.7. The van der Waals surface area contributed by atoms with Crippen LogP contribution in [0.3, 0.4) is 0 Å². The number of nitrogens with one attached hydrogen (secondary N) is 1. The molecule has 2 aromatic heterocycles. The molecule has 0 saturated carbocycles. The van der Waals surface area contributed by atoms with E-state index >= 15 is 0 Å².